The van der Waals surface area contributed by atoms with Crippen molar-refractivity contribution in [1.82, 2.24) is 0 Å². The molecule has 3 aromatic carbocycles. The van der Waals surface area contributed by atoms with Crippen LogP contribution in [-0.2, 0) is 0 Å². The molecule has 2 nitrogen and oxygen atoms in total. The van der Waals surface area contributed by atoms with E-state index in [4.69, 9.17) is 0 Å². The van der Waals surface area contributed by atoms with Gasteiger partial charge in [0, 0.05) is 11.1 Å². The molecule has 0 atom stereocenters. The van der Waals surface area contributed by atoms with E-state index in [-0.39, 0.29) is 0 Å². The molecule has 0 amide bonds. The van der Waals surface area contributed by atoms with Crippen molar-refractivity contribution in [3.8, 4) is 0 Å². The number of carbonyl (C=O) groups is 2. The Labute approximate surface area is 141 Å². The number of carbonyl (C=O) groups excluding carboxylic acids is 2. The minimum Gasteiger partial charge on any atom is -0.298 e. The summed E-state index contributed by atoms with van der Waals surface area (Å²) in [6.07, 6.45) is 3.74. The third kappa shape index (κ3) is 3.55. The Balaban J connectivity index is 2.18. The van der Waals surface area contributed by atoms with Gasteiger partial charge in [0.05, 0.1) is 0 Å². The van der Waals surface area contributed by atoms with Crippen LogP contribution >= 0.6 is 0 Å². The van der Waals surface area contributed by atoms with Gasteiger partial charge in [-0.25, -0.2) is 0 Å². The minimum atomic E-state index is 0.623. The molecule has 0 aliphatic carbocycles. The highest BCUT2D eigenvalue weighted by molar-refractivity contribution is 5.93. The highest BCUT2D eigenvalue weighted by Gasteiger charge is 2.07. The molecular formula is C22H16O2. The Hall–Kier alpha value is -3.26. The third-order valence-electron chi connectivity index (χ3n) is 3.78. The van der Waals surface area contributed by atoms with Gasteiger partial charge in [-0.15, -0.1) is 0 Å². The van der Waals surface area contributed by atoms with Crippen molar-refractivity contribution in [2.75, 3.05) is 0 Å². The van der Waals surface area contributed by atoms with E-state index in [1.165, 1.54) is 0 Å². The van der Waals surface area contributed by atoms with Gasteiger partial charge in [-0.3, -0.25) is 9.59 Å². The van der Waals surface area contributed by atoms with Crippen molar-refractivity contribution >= 4 is 24.2 Å². The standard InChI is InChI=1S/C22H16O2/c23-15-18-8-4-10-20(12-18)22(14-17-6-2-1-3-7-17)21-11-5-9-19(13-21)16-24/h1-16H. The fourth-order valence-electron chi connectivity index (χ4n) is 2.61. The zero-order valence-corrected chi connectivity index (χ0v) is 13.1. The molecule has 0 spiro atoms. The molecule has 0 radical (unpaired) electrons. The lowest BCUT2D eigenvalue weighted by Gasteiger charge is -2.10. The summed E-state index contributed by atoms with van der Waals surface area (Å²) >= 11 is 0. The van der Waals surface area contributed by atoms with Gasteiger partial charge in [-0.1, -0.05) is 66.7 Å². The third-order valence-corrected chi connectivity index (χ3v) is 3.78. The lowest BCUT2D eigenvalue weighted by molar-refractivity contribution is 0.111. The summed E-state index contributed by atoms with van der Waals surface area (Å²) in [6.45, 7) is 0. The maximum atomic E-state index is 11.1. The average Bonchev–Trinajstić information content (AvgIpc) is 2.67. The van der Waals surface area contributed by atoms with E-state index in [1.807, 2.05) is 66.7 Å². The first-order valence-electron chi connectivity index (χ1n) is 7.68. The Kier molecular flexibility index (Phi) is 4.78. The zero-order valence-electron chi connectivity index (χ0n) is 13.1. The van der Waals surface area contributed by atoms with Crippen molar-refractivity contribution in [2.45, 2.75) is 0 Å². The van der Waals surface area contributed by atoms with Gasteiger partial charge in [0.15, 0.2) is 0 Å². The zero-order chi connectivity index (χ0) is 16.8. The summed E-state index contributed by atoms with van der Waals surface area (Å²) in [6, 6.07) is 24.9. The van der Waals surface area contributed by atoms with E-state index >= 15 is 0 Å². The van der Waals surface area contributed by atoms with Crippen molar-refractivity contribution in [1.29, 1.82) is 0 Å². The highest BCUT2D eigenvalue weighted by Crippen LogP contribution is 2.27. The van der Waals surface area contributed by atoms with E-state index < -0.39 is 0 Å². The quantitative estimate of drug-likeness (QED) is 0.496. The molecule has 3 rings (SSSR count). The molecule has 0 aliphatic rings. The second kappa shape index (κ2) is 7.34. The van der Waals surface area contributed by atoms with E-state index in [1.54, 1.807) is 12.1 Å². The van der Waals surface area contributed by atoms with Gasteiger partial charge in [-0.05, 0) is 40.5 Å². The van der Waals surface area contributed by atoms with Crippen LogP contribution in [0.1, 0.15) is 37.4 Å². The van der Waals surface area contributed by atoms with Crippen LogP contribution < -0.4 is 0 Å². The first-order chi connectivity index (χ1) is 11.8. The summed E-state index contributed by atoms with van der Waals surface area (Å²) < 4.78 is 0. The largest absolute Gasteiger partial charge is 0.298 e. The van der Waals surface area contributed by atoms with Crippen LogP contribution in [0.25, 0.3) is 11.6 Å². The van der Waals surface area contributed by atoms with Crippen molar-refractivity contribution in [3.63, 3.8) is 0 Å². The first-order valence-corrected chi connectivity index (χ1v) is 7.68. The molecule has 3 aromatic rings. The minimum absolute atomic E-state index is 0.623. The molecule has 0 aliphatic heterocycles. The van der Waals surface area contributed by atoms with E-state index in [9.17, 15) is 9.59 Å². The van der Waals surface area contributed by atoms with E-state index in [0.717, 1.165) is 34.8 Å². The molecule has 0 saturated carbocycles. The maximum Gasteiger partial charge on any atom is 0.150 e. The molecular weight excluding hydrogens is 296 g/mol. The van der Waals surface area contributed by atoms with Crippen LogP contribution in [0.2, 0.25) is 0 Å². The fraction of sp³-hybridized carbons (Fsp3) is 0. The van der Waals surface area contributed by atoms with Crippen LogP contribution in [0.5, 0.6) is 0 Å². The van der Waals surface area contributed by atoms with Crippen LogP contribution in [0.3, 0.4) is 0 Å². The van der Waals surface area contributed by atoms with Crippen molar-refractivity contribution in [3.05, 3.63) is 107 Å². The molecule has 0 fully saturated rings. The Bertz CT molecular complexity index is 839. The summed E-state index contributed by atoms with van der Waals surface area (Å²) in [5, 5.41) is 0. The number of aldehydes is 2. The van der Waals surface area contributed by atoms with E-state index in [0.29, 0.717) is 11.1 Å². The summed E-state index contributed by atoms with van der Waals surface area (Å²) in [4.78, 5) is 22.2. The lowest BCUT2D eigenvalue weighted by Crippen LogP contribution is -1.92. The monoisotopic (exact) mass is 312 g/mol. The summed E-state index contributed by atoms with van der Waals surface area (Å²) in [5.74, 6) is 0. The molecule has 0 aromatic heterocycles. The smallest absolute Gasteiger partial charge is 0.150 e. The molecule has 0 unspecified atom stereocenters. The second-order valence-corrected chi connectivity index (χ2v) is 5.46. The normalized spacial score (nSPS) is 10.0. The topological polar surface area (TPSA) is 34.1 Å². The van der Waals surface area contributed by atoms with Gasteiger partial charge >= 0.3 is 0 Å². The van der Waals surface area contributed by atoms with Crippen LogP contribution in [0.15, 0.2) is 78.9 Å². The van der Waals surface area contributed by atoms with Crippen LogP contribution in [0.4, 0.5) is 0 Å². The van der Waals surface area contributed by atoms with Gasteiger partial charge in [0.25, 0.3) is 0 Å². The van der Waals surface area contributed by atoms with E-state index in [2.05, 4.69) is 6.08 Å². The summed E-state index contributed by atoms with van der Waals surface area (Å²) in [5.41, 5.74) is 5.14. The predicted molar refractivity (Wildman–Crippen MR) is 97.1 cm³/mol. The number of hydrogen-bond acceptors (Lipinski definition) is 2. The number of benzene rings is 3. The lowest BCUT2D eigenvalue weighted by atomic mass is 9.93. The SMILES string of the molecule is O=Cc1cccc(C(=Cc2ccccc2)c2cccc(C=O)c2)c1. The molecule has 2 heteroatoms. The van der Waals surface area contributed by atoms with Gasteiger partial charge < -0.3 is 0 Å². The van der Waals surface area contributed by atoms with Gasteiger partial charge in [0.1, 0.15) is 12.6 Å². The molecule has 0 N–H and O–H groups in total. The Morgan fingerprint density at radius 1 is 0.583 bits per heavy atom. The van der Waals surface area contributed by atoms with Crippen molar-refractivity contribution in [2.24, 2.45) is 0 Å². The molecule has 116 valence electrons. The first kappa shape index (κ1) is 15.6. The fourth-order valence-corrected chi connectivity index (χ4v) is 2.61. The molecule has 0 bridgehead atoms. The van der Waals surface area contributed by atoms with Crippen molar-refractivity contribution < 1.29 is 9.59 Å². The molecule has 0 heterocycles. The maximum absolute atomic E-state index is 11.1. The Morgan fingerprint density at radius 2 is 1.08 bits per heavy atom. The van der Waals surface area contributed by atoms with Gasteiger partial charge in [-0.2, -0.15) is 0 Å². The number of rotatable bonds is 5. The highest BCUT2D eigenvalue weighted by atomic mass is 16.1. The van der Waals surface area contributed by atoms with Crippen LogP contribution in [-0.4, -0.2) is 12.6 Å². The second-order valence-electron chi connectivity index (χ2n) is 5.46. The van der Waals surface area contributed by atoms with Gasteiger partial charge in [0.2, 0.25) is 0 Å². The molecule has 0 saturated heterocycles. The Morgan fingerprint density at radius 3 is 1.58 bits per heavy atom. The van der Waals surface area contributed by atoms with Crippen LogP contribution in [0, 0.1) is 0 Å². The molecule has 24 heavy (non-hydrogen) atoms. The summed E-state index contributed by atoms with van der Waals surface area (Å²) in [7, 11) is 0. The number of hydrogen-bond donors (Lipinski definition) is 0. The average molecular weight is 312 g/mol. The predicted octanol–water partition coefficient (Wildman–Crippen LogP) is 4.90.